The van der Waals surface area contributed by atoms with Gasteiger partial charge in [0.2, 0.25) is 5.76 Å². The molecular formula is C18H19N3O4S. The number of aromatic nitrogens is 2. The van der Waals surface area contributed by atoms with Gasteiger partial charge in [-0.2, -0.15) is 4.99 Å². The molecule has 0 saturated carbocycles. The third-order valence-corrected chi connectivity index (χ3v) is 4.97. The SMILES string of the molecule is CCCCc1ccc2c(c1)sc(=NC(=O)c1ccno1)n2CC(=O)OC. The summed E-state index contributed by atoms with van der Waals surface area (Å²) in [4.78, 5) is 28.6. The molecule has 0 aliphatic carbocycles. The van der Waals surface area contributed by atoms with Gasteiger partial charge in [-0.05, 0) is 30.5 Å². The fraction of sp³-hybridized carbons (Fsp3) is 0.333. The number of fused-ring (bicyclic) bond motifs is 1. The maximum Gasteiger partial charge on any atom is 0.325 e. The Kier molecular flexibility index (Phi) is 5.62. The van der Waals surface area contributed by atoms with E-state index in [0.717, 1.165) is 29.5 Å². The quantitative estimate of drug-likeness (QED) is 0.620. The van der Waals surface area contributed by atoms with Crippen molar-refractivity contribution in [2.24, 2.45) is 4.99 Å². The Balaban J connectivity index is 2.08. The third kappa shape index (κ3) is 3.91. The molecule has 26 heavy (non-hydrogen) atoms. The molecule has 7 nitrogen and oxygen atoms in total. The van der Waals surface area contributed by atoms with Crippen molar-refractivity contribution >= 4 is 33.4 Å². The van der Waals surface area contributed by atoms with E-state index in [4.69, 9.17) is 9.26 Å². The number of thiazole rings is 1. The van der Waals surface area contributed by atoms with Crippen molar-refractivity contribution in [3.05, 3.63) is 46.6 Å². The largest absolute Gasteiger partial charge is 0.468 e. The molecule has 0 unspecified atom stereocenters. The van der Waals surface area contributed by atoms with Crippen LogP contribution in [0, 0.1) is 0 Å². The van der Waals surface area contributed by atoms with Gasteiger partial charge in [0.15, 0.2) is 4.80 Å². The minimum Gasteiger partial charge on any atom is -0.468 e. The lowest BCUT2D eigenvalue weighted by Crippen LogP contribution is -2.22. The zero-order chi connectivity index (χ0) is 18.5. The summed E-state index contributed by atoms with van der Waals surface area (Å²) in [5.74, 6) is -0.900. The van der Waals surface area contributed by atoms with E-state index < -0.39 is 11.9 Å². The number of carbonyl (C=O) groups is 2. The van der Waals surface area contributed by atoms with Crippen molar-refractivity contribution in [1.82, 2.24) is 9.72 Å². The predicted molar refractivity (Wildman–Crippen MR) is 96.8 cm³/mol. The van der Waals surface area contributed by atoms with Gasteiger partial charge in [-0.1, -0.05) is 35.9 Å². The molecule has 0 bridgehead atoms. The van der Waals surface area contributed by atoms with E-state index >= 15 is 0 Å². The Morgan fingerprint density at radius 2 is 2.19 bits per heavy atom. The molecule has 2 heterocycles. The summed E-state index contributed by atoms with van der Waals surface area (Å²) < 4.78 is 12.3. The summed E-state index contributed by atoms with van der Waals surface area (Å²) in [5, 5.41) is 3.52. The van der Waals surface area contributed by atoms with E-state index in [-0.39, 0.29) is 12.3 Å². The highest BCUT2D eigenvalue weighted by molar-refractivity contribution is 7.16. The summed E-state index contributed by atoms with van der Waals surface area (Å²) in [6.07, 6.45) is 4.61. The highest BCUT2D eigenvalue weighted by Crippen LogP contribution is 2.20. The van der Waals surface area contributed by atoms with Crippen molar-refractivity contribution in [2.45, 2.75) is 32.7 Å². The maximum absolute atomic E-state index is 12.2. The summed E-state index contributed by atoms with van der Waals surface area (Å²) in [5.41, 5.74) is 2.06. The van der Waals surface area contributed by atoms with Crippen molar-refractivity contribution in [3.8, 4) is 0 Å². The van der Waals surface area contributed by atoms with Gasteiger partial charge < -0.3 is 13.8 Å². The maximum atomic E-state index is 12.2. The van der Waals surface area contributed by atoms with E-state index in [0.29, 0.717) is 4.80 Å². The molecule has 3 aromatic rings. The molecule has 1 aromatic carbocycles. The Morgan fingerprint density at radius 1 is 1.35 bits per heavy atom. The van der Waals surface area contributed by atoms with Crippen molar-refractivity contribution in [1.29, 1.82) is 0 Å². The van der Waals surface area contributed by atoms with Crippen LogP contribution in [0.15, 0.2) is 40.0 Å². The van der Waals surface area contributed by atoms with Crippen LogP contribution in [0.1, 0.15) is 35.9 Å². The lowest BCUT2D eigenvalue weighted by molar-refractivity contribution is -0.141. The molecule has 1 amide bonds. The predicted octanol–water partition coefficient (Wildman–Crippen LogP) is 2.95. The van der Waals surface area contributed by atoms with Gasteiger partial charge in [-0.3, -0.25) is 9.59 Å². The number of esters is 1. The summed E-state index contributed by atoms with van der Waals surface area (Å²) in [6, 6.07) is 7.53. The number of aryl methyl sites for hydroxylation is 1. The molecule has 0 atom stereocenters. The number of hydrogen-bond acceptors (Lipinski definition) is 6. The lowest BCUT2D eigenvalue weighted by Gasteiger charge is -2.04. The van der Waals surface area contributed by atoms with Crippen molar-refractivity contribution in [2.75, 3.05) is 7.11 Å². The number of carbonyl (C=O) groups excluding carboxylic acids is 2. The van der Waals surface area contributed by atoms with E-state index in [9.17, 15) is 9.59 Å². The minimum atomic E-state index is -0.543. The van der Waals surface area contributed by atoms with Crippen LogP contribution in [-0.4, -0.2) is 28.7 Å². The zero-order valence-electron chi connectivity index (χ0n) is 14.6. The molecule has 8 heteroatoms. The molecule has 0 N–H and O–H groups in total. The first-order valence-corrected chi connectivity index (χ1v) is 9.13. The van der Waals surface area contributed by atoms with Crippen LogP contribution in [0.25, 0.3) is 10.2 Å². The molecule has 0 fully saturated rings. The molecule has 0 spiro atoms. The molecule has 0 aliphatic heterocycles. The highest BCUT2D eigenvalue weighted by atomic mass is 32.1. The monoisotopic (exact) mass is 373 g/mol. The second-order valence-electron chi connectivity index (χ2n) is 5.75. The zero-order valence-corrected chi connectivity index (χ0v) is 15.4. The van der Waals surface area contributed by atoms with Gasteiger partial charge in [0.05, 0.1) is 23.5 Å². The van der Waals surface area contributed by atoms with Crippen molar-refractivity contribution in [3.63, 3.8) is 0 Å². The molecular weight excluding hydrogens is 354 g/mol. The molecule has 2 aromatic heterocycles. The van der Waals surface area contributed by atoms with Crippen LogP contribution < -0.4 is 4.80 Å². The number of nitrogens with zero attached hydrogens (tertiary/aromatic N) is 3. The topological polar surface area (TPSA) is 86.7 Å². The number of unbranched alkanes of at least 4 members (excludes halogenated alkanes) is 1. The van der Waals surface area contributed by atoms with E-state index in [2.05, 4.69) is 23.1 Å². The average Bonchev–Trinajstić information content (AvgIpc) is 3.28. The third-order valence-electron chi connectivity index (χ3n) is 3.93. The Morgan fingerprint density at radius 3 is 2.88 bits per heavy atom. The van der Waals surface area contributed by atoms with Gasteiger partial charge in [-0.25, -0.2) is 0 Å². The van der Waals surface area contributed by atoms with Gasteiger partial charge in [0.25, 0.3) is 0 Å². The molecule has 3 rings (SSSR count). The van der Waals surface area contributed by atoms with Gasteiger partial charge in [-0.15, -0.1) is 0 Å². The Hall–Kier alpha value is -2.74. The summed E-state index contributed by atoms with van der Waals surface area (Å²) >= 11 is 1.36. The minimum absolute atomic E-state index is 0.0205. The molecule has 0 saturated heterocycles. The average molecular weight is 373 g/mol. The first-order valence-electron chi connectivity index (χ1n) is 8.31. The van der Waals surface area contributed by atoms with Crippen LogP contribution >= 0.6 is 11.3 Å². The van der Waals surface area contributed by atoms with Crippen LogP contribution in [0.5, 0.6) is 0 Å². The molecule has 0 radical (unpaired) electrons. The first kappa shape index (κ1) is 18.1. The van der Waals surface area contributed by atoms with E-state index in [1.54, 1.807) is 4.57 Å². The van der Waals surface area contributed by atoms with Crippen LogP contribution in [0.4, 0.5) is 0 Å². The number of methoxy groups -OCH3 is 1. The fourth-order valence-electron chi connectivity index (χ4n) is 2.55. The van der Waals surface area contributed by atoms with E-state index in [1.165, 1.54) is 36.3 Å². The van der Waals surface area contributed by atoms with Crippen LogP contribution in [0.2, 0.25) is 0 Å². The standard InChI is InChI=1S/C18H19N3O4S/c1-3-4-5-12-6-7-13-15(10-12)26-18(21(13)11-16(22)24-2)20-17(23)14-8-9-19-25-14/h6-10H,3-5,11H2,1-2H3. The Bertz CT molecular complexity index is 986. The number of benzene rings is 1. The second-order valence-corrected chi connectivity index (χ2v) is 6.76. The normalized spacial score (nSPS) is 11.8. The lowest BCUT2D eigenvalue weighted by atomic mass is 10.1. The molecule has 136 valence electrons. The van der Waals surface area contributed by atoms with Crippen molar-refractivity contribution < 1.29 is 18.8 Å². The smallest absolute Gasteiger partial charge is 0.325 e. The number of ether oxygens (including phenoxy) is 1. The van der Waals surface area contributed by atoms with Gasteiger partial charge in [0.1, 0.15) is 6.54 Å². The number of hydrogen-bond donors (Lipinski definition) is 0. The summed E-state index contributed by atoms with van der Waals surface area (Å²) in [7, 11) is 1.33. The van der Waals surface area contributed by atoms with Gasteiger partial charge >= 0.3 is 11.9 Å². The summed E-state index contributed by atoms with van der Waals surface area (Å²) in [6.45, 7) is 2.13. The Labute approximate surface area is 153 Å². The fourth-order valence-corrected chi connectivity index (χ4v) is 3.65. The van der Waals surface area contributed by atoms with Crippen LogP contribution in [-0.2, 0) is 22.5 Å². The van der Waals surface area contributed by atoms with Gasteiger partial charge in [0, 0.05) is 6.07 Å². The van der Waals surface area contributed by atoms with E-state index in [1.807, 2.05) is 12.1 Å². The number of rotatable bonds is 6. The number of amides is 1. The highest BCUT2D eigenvalue weighted by Gasteiger charge is 2.14. The van der Waals surface area contributed by atoms with Crippen LogP contribution in [0.3, 0.4) is 0 Å². The molecule has 0 aliphatic rings. The second kappa shape index (κ2) is 8.09. The first-order chi connectivity index (χ1) is 12.6.